The number of rotatable bonds is 4. The van der Waals surface area contributed by atoms with Gasteiger partial charge >= 0.3 is 0 Å². The Morgan fingerprint density at radius 3 is 2.77 bits per heavy atom. The zero-order valence-electron chi connectivity index (χ0n) is 7.95. The average molecular weight is 178 g/mol. The van der Waals surface area contributed by atoms with Gasteiger partial charge in [0.25, 0.3) is 0 Å². The van der Waals surface area contributed by atoms with Gasteiger partial charge < -0.3 is 5.32 Å². The molecule has 70 valence electrons. The predicted octanol–water partition coefficient (Wildman–Crippen LogP) is 3.29. The first-order chi connectivity index (χ1) is 6.27. The van der Waals surface area contributed by atoms with Gasteiger partial charge in [-0.1, -0.05) is 19.1 Å². The molecular weight excluding hydrogens is 164 g/mol. The maximum Gasteiger partial charge on any atom is 0.131 e. The number of para-hydroxylation sites is 1. The van der Waals surface area contributed by atoms with E-state index in [1.54, 1.807) is 12.1 Å². The largest absolute Gasteiger partial charge is 0.381 e. The minimum atomic E-state index is 0.364. The molecule has 0 heterocycles. The first-order valence-electron chi connectivity index (χ1n) is 4.46. The summed E-state index contributed by atoms with van der Waals surface area (Å²) in [6.45, 7) is 4.16. The summed E-state index contributed by atoms with van der Waals surface area (Å²) in [4.78, 5) is 10.4. The molecule has 0 aliphatic rings. The second kappa shape index (κ2) is 4.60. The minimum Gasteiger partial charge on any atom is -0.381 e. The molecule has 1 rings (SSSR count). The SMILES string of the molecule is CCC(C)Nc1ccccc1N=O. The van der Waals surface area contributed by atoms with E-state index in [9.17, 15) is 4.91 Å². The molecule has 3 nitrogen and oxygen atoms in total. The molecule has 1 atom stereocenters. The molecule has 3 heteroatoms. The number of nitrogens with one attached hydrogen (secondary N) is 1. The van der Waals surface area contributed by atoms with Crippen molar-refractivity contribution in [3.05, 3.63) is 29.2 Å². The molecule has 0 saturated carbocycles. The van der Waals surface area contributed by atoms with Crippen LogP contribution >= 0.6 is 0 Å². The highest BCUT2D eigenvalue weighted by atomic mass is 16.3. The van der Waals surface area contributed by atoms with Crippen molar-refractivity contribution in [2.45, 2.75) is 26.3 Å². The molecular formula is C10H14N2O. The molecule has 1 aromatic rings. The van der Waals surface area contributed by atoms with Gasteiger partial charge in [0.1, 0.15) is 5.69 Å². The monoisotopic (exact) mass is 178 g/mol. The van der Waals surface area contributed by atoms with E-state index < -0.39 is 0 Å². The number of nitroso groups, excluding NO2 is 1. The van der Waals surface area contributed by atoms with Crippen LogP contribution in [-0.2, 0) is 0 Å². The van der Waals surface area contributed by atoms with Crippen molar-refractivity contribution in [2.75, 3.05) is 5.32 Å². The van der Waals surface area contributed by atoms with E-state index in [-0.39, 0.29) is 0 Å². The average Bonchev–Trinajstić information content (AvgIpc) is 2.18. The first-order valence-corrected chi connectivity index (χ1v) is 4.46. The fourth-order valence-corrected chi connectivity index (χ4v) is 1.04. The normalized spacial score (nSPS) is 12.2. The van der Waals surface area contributed by atoms with E-state index in [0.717, 1.165) is 12.1 Å². The standard InChI is InChI=1S/C10H14N2O/c1-3-8(2)11-9-6-4-5-7-10(9)12-13/h4-8,11H,3H2,1-2H3. The zero-order chi connectivity index (χ0) is 9.68. The third kappa shape index (κ3) is 2.54. The summed E-state index contributed by atoms with van der Waals surface area (Å²) in [5.74, 6) is 0. The number of nitrogens with zero attached hydrogens (tertiary/aromatic N) is 1. The van der Waals surface area contributed by atoms with E-state index >= 15 is 0 Å². The van der Waals surface area contributed by atoms with Crippen LogP contribution < -0.4 is 5.32 Å². The number of benzene rings is 1. The van der Waals surface area contributed by atoms with Gasteiger partial charge in [-0.3, -0.25) is 0 Å². The molecule has 0 aliphatic heterocycles. The van der Waals surface area contributed by atoms with Gasteiger partial charge in [-0.25, -0.2) is 0 Å². The maximum absolute atomic E-state index is 10.4. The lowest BCUT2D eigenvalue weighted by molar-refractivity contribution is 0.764. The van der Waals surface area contributed by atoms with Gasteiger partial charge in [0.15, 0.2) is 0 Å². The van der Waals surface area contributed by atoms with Gasteiger partial charge in [-0.15, -0.1) is 4.91 Å². The van der Waals surface area contributed by atoms with Crippen molar-refractivity contribution in [2.24, 2.45) is 5.18 Å². The van der Waals surface area contributed by atoms with Gasteiger partial charge in [-0.2, -0.15) is 0 Å². The van der Waals surface area contributed by atoms with Gasteiger partial charge in [0, 0.05) is 6.04 Å². The second-order valence-corrected chi connectivity index (χ2v) is 3.06. The smallest absolute Gasteiger partial charge is 0.131 e. The van der Waals surface area contributed by atoms with Crippen LogP contribution in [0.25, 0.3) is 0 Å². The van der Waals surface area contributed by atoms with Crippen molar-refractivity contribution in [1.29, 1.82) is 0 Å². The fraction of sp³-hybridized carbons (Fsp3) is 0.400. The van der Waals surface area contributed by atoms with E-state index in [4.69, 9.17) is 0 Å². The van der Waals surface area contributed by atoms with E-state index in [0.29, 0.717) is 11.7 Å². The topological polar surface area (TPSA) is 41.5 Å². The lowest BCUT2D eigenvalue weighted by Gasteiger charge is -2.13. The maximum atomic E-state index is 10.4. The van der Waals surface area contributed by atoms with Gasteiger partial charge in [-0.05, 0) is 30.7 Å². The first kappa shape index (κ1) is 9.71. The Balaban J connectivity index is 2.80. The van der Waals surface area contributed by atoms with Crippen molar-refractivity contribution in [3.8, 4) is 0 Å². The molecule has 0 aliphatic carbocycles. The molecule has 0 saturated heterocycles. The van der Waals surface area contributed by atoms with Gasteiger partial charge in [0.2, 0.25) is 0 Å². The van der Waals surface area contributed by atoms with Crippen LogP contribution in [0.1, 0.15) is 20.3 Å². The number of hydrogen-bond acceptors (Lipinski definition) is 3. The molecule has 0 radical (unpaired) electrons. The van der Waals surface area contributed by atoms with Crippen LogP contribution in [0.2, 0.25) is 0 Å². The van der Waals surface area contributed by atoms with E-state index in [1.807, 2.05) is 12.1 Å². The summed E-state index contributed by atoms with van der Waals surface area (Å²) in [6, 6.07) is 7.63. The Hall–Kier alpha value is -1.38. The Kier molecular flexibility index (Phi) is 3.43. The third-order valence-electron chi connectivity index (χ3n) is 2.02. The summed E-state index contributed by atoms with van der Waals surface area (Å²) >= 11 is 0. The summed E-state index contributed by atoms with van der Waals surface area (Å²) in [5, 5.41) is 6.16. The number of anilines is 1. The fourth-order valence-electron chi connectivity index (χ4n) is 1.04. The molecule has 1 unspecified atom stereocenters. The van der Waals surface area contributed by atoms with E-state index in [1.165, 1.54) is 0 Å². The quantitative estimate of drug-likeness (QED) is 0.719. The molecule has 0 bridgehead atoms. The summed E-state index contributed by atoms with van der Waals surface area (Å²) in [7, 11) is 0. The highest BCUT2D eigenvalue weighted by Crippen LogP contribution is 2.24. The van der Waals surface area contributed by atoms with Gasteiger partial charge in [0.05, 0.1) is 5.69 Å². The highest BCUT2D eigenvalue weighted by Gasteiger charge is 2.03. The molecule has 1 N–H and O–H groups in total. The number of hydrogen-bond donors (Lipinski definition) is 1. The Labute approximate surface area is 78.1 Å². The zero-order valence-corrected chi connectivity index (χ0v) is 7.95. The molecule has 0 spiro atoms. The van der Waals surface area contributed by atoms with Crippen LogP contribution in [0.4, 0.5) is 11.4 Å². The third-order valence-corrected chi connectivity index (χ3v) is 2.02. The Morgan fingerprint density at radius 1 is 1.46 bits per heavy atom. The molecule has 0 amide bonds. The highest BCUT2D eigenvalue weighted by molar-refractivity contribution is 5.65. The predicted molar refractivity (Wildman–Crippen MR) is 55.3 cm³/mol. The van der Waals surface area contributed by atoms with Crippen molar-refractivity contribution < 1.29 is 0 Å². The molecule has 1 aromatic carbocycles. The minimum absolute atomic E-state index is 0.364. The van der Waals surface area contributed by atoms with Crippen LogP contribution in [-0.4, -0.2) is 6.04 Å². The lowest BCUT2D eigenvalue weighted by atomic mass is 10.2. The molecule has 0 aromatic heterocycles. The Bertz CT molecular complexity index is 286. The van der Waals surface area contributed by atoms with Crippen LogP contribution in [0.5, 0.6) is 0 Å². The lowest BCUT2D eigenvalue weighted by Crippen LogP contribution is -2.13. The van der Waals surface area contributed by atoms with Crippen molar-refractivity contribution in [1.82, 2.24) is 0 Å². The summed E-state index contributed by atoms with van der Waals surface area (Å²) < 4.78 is 0. The van der Waals surface area contributed by atoms with E-state index in [2.05, 4.69) is 24.3 Å². The Morgan fingerprint density at radius 2 is 2.15 bits per heavy atom. The van der Waals surface area contributed by atoms with Crippen LogP contribution in [0, 0.1) is 4.91 Å². The summed E-state index contributed by atoms with van der Waals surface area (Å²) in [5.41, 5.74) is 1.29. The molecule has 13 heavy (non-hydrogen) atoms. The second-order valence-electron chi connectivity index (χ2n) is 3.06. The van der Waals surface area contributed by atoms with Crippen LogP contribution in [0.15, 0.2) is 29.4 Å². The summed E-state index contributed by atoms with van der Waals surface area (Å²) in [6.07, 6.45) is 1.02. The van der Waals surface area contributed by atoms with Crippen LogP contribution in [0.3, 0.4) is 0 Å². The van der Waals surface area contributed by atoms with Crippen molar-refractivity contribution >= 4 is 11.4 Å². The van der Waals surface area contributed by atoms with Crippen molar-refractivity contribution in [3.63, 3.8) is 0 Å². The molecule has 0 fully saturated rings.